The summed E-state index contributed by atoms with van der Waals surface area (Å²) in [6.45, 7) is 3.90. The van der Waals surface area contributed by atoms with Crippen molar-refractivity contribution in [2.45, 2.75) is 32.5 Å². The fourth-order valence-electron chi connectivity index (χ4n) is 1.91. The predicted molar refractivity (Wildman–Crippen MR) is 56.2 cm³/mol. The summed E-state index contributed by atoms with van der Waals surface area (Å²) in [5, 5.41) is 3.25. The van der Waals surface area contributed by atoms with Gasteiger partial charge in [0.1, 0.15) is 17.7 Å². The molecule has 1 aliphatic rings. The maximum absolute atomic E-state index is 11.7. The maximum Gasteiger partial charge on any atom is 0.241 e. The molecule has 1 fully saturated rings. The zero-order chi connectivity index (χ0) is 11.0. The Morgan fingerprint density at radius 1 is 1.53 bits per heavy atom. The molecule has 4 nitrogen and oxygen atoms in total. The van der Waals surface area contributed by atoms with Gasteiger partial charge in [-0.25, -0.2) is 0 Å². The zero-order valence-electron chi connectivity index (χ0n) is 9.28. The first kappa shape index (κ1) is 10.2. The molecule has 0 unspecified atom stereocenters. The number of likely N-dealkylation sites (N-methyl/N-ethyl adjacent to an activating group) is 1. The van der Waals surface area contributed by atoms with Gasteiger partial charge in [0, 0.05) is 7.05 Å². The number of hydrogen-bond donors (Lipinski definition) is 1. The molecule has 15 heavy (non-hydrogen) atoms. The van der Waals surface area contributed by atoms with E-state index >= 15 is 0 Å². The van der Waals surface area contributed by atoms with Crippen LogP contribution in [0.2, 0.25) is 0 Å². The second kappa shape index (κ2) is 3.70. The van der Waals surface area contributed by atoms with E-state index in [4.69, 9.17) is 4.42 Å². The normalized spacial score (nSPS) is 26.3. The maximum atomic E-state index is 11.7. The Morgan fingerprint density at radius 2 is 2.27 bits per heavy atom. The van der Waals surface area contributed by atoms with Crippen molar-refractivity contribution in [3.63, 3.8) is 0 Å². The molecule has 1 aromatic rings. The van der Waals surface area contributed by atoms with Gasteiger partial charge in [-0.3, -0.25) is 10.1 Å². The minimum absolute atomic E-state index is 0.0783. The first-order valence-electron chi connectivity index (χ1n) is 5.22. The monoisotopic (exact) mass is 208 g/mol. The van der Waals surface area contributed by atoms with Crippen LogP contribution in [0.3, 0.4) is 0 Å². The second-order valence-corrected chi connectivity index (χ2v) is 3.93. The van der Waals surface area contributed by atoms with Gasteiger partial charge in [-0.2, -0.15) is 0 Å². The van der Waals surface area contributed by atoms with Crippen molar-refractivity contribution in [2.24, 2.45) is 0 Å². The lowest BCUT2D eigenvalue weighted by Gasteiger charge is -2.16. The summed E-state index contributed by atoms with van der Waals surface area (Å²) in [5.74, 6) is 1.81. The summed E-state index contributed by atoms with van der Waals surface area (Å²) in [5.41, 5.74) is 0. The lowest BCUT2D eigenvalue weighted by molar-refractivity contribution is -0.129. The van der Waals surface area contributed by atoms with E-state index in [1.54, 1.807) is 11.9 Å². The predicted octanol–water partition coefficient (Wildman–Crippen LogP) is 1.43. The third kappa shape index (κ3) is 1.65. The van der Waals surface area contributed by atoms with Crippen LogP contribution in [0.4, 0.5) is 0 Å². The number of furan rings is 1. The molecular weight excluding hydrogens is 192 g/mol. The Bertz CT molecular complexity index is 372. The van der Waals surface area contributed by atoms with Crippen LogP contribution in [-0.2, 0) is 4.79 Å². The van der Waals surface area contributed by atoms with Crippen molar-refractivity contribution in [3.05, 3.63) is 23.7 Å². The fraction of sp³-hybridized carbons (Fsp3) is 0.545. The van der Waals surface area contributed by atoms with E-state index in [2.05, 4.69) is 5.32 Å². The lowest BCUT2D eigenvalue weighted by atomic mass is 10.2. The largest absolute Gasteiger partial charge is 0.463 e. The smallest absolute Gasteiger partial charge is 0.241 e. The molecule has 1 N–H and O–H groups in total. The van der Waals surface area contributed by atoms with Crippen LogP contribution in [0, 0.1) is 6.92 Å². The highest BCUT2D eigenvalue weighted by atomic mass is 16.3. The van der Waals surface area contributed by atoms with E-state index < -0.39 is 0 Å². The SMILES string of the molecule is CC[C@@H]1N[C@H](c2ccc(C)o2)N(C)C1=O. The molecule has 2 atom stereocenters. The third-order valence-electron chi connectivity index (χ3n) is 2.83. The molecule has 82 valence electrons. The summed E-state index contributed by atoms with van der Waals surface area (Å²) < 4.78 is 5.52. The number of aryl methyl sites for hydroxylation is 1. The molecule has 0 spiro atoms. The Balaban J connectivity index is 2.21. The van der Waals surface area contributed by atoms with Crippen LogP contribution in [-0.4, -0.2) is 23.9 Å². The van der Waals surface area contributed by atoms with Crippen molar-refractivity contribution < 1.29 is 9.21 Å². The molecule has 2 heterocycles. The summed E-state index contributed by atoms with van der Waals surface area (Å²) in [6, 6.07) is 3.74. The average molecular weight is 208 g/mol. The van der Waals surface area contributed by atoms with Crippen LogP contribution >= 0.6 is 0 Å². The number of carbonyl (C=O) groups excluding carboxylic acids is 1. The van der Waals surface area contributed by atoms with Crippen molar-refractivity contribution in [1.82, 2.24) is 10.2 Å². The first-order chi connectivity index (χ1) is 7.13. The summed E-state index contributed by atoms with van der Waals surface area (Å²) in [7, 11) is 1.80. The van der Waals surface area contributed by atoms with Crippen LogP contribution in [0.15, 0.2) is 16.5 Å². The third-order valence-corrected chi connectivity index (χ3v) is 2.83. The molecule has 0 radical (unpaired) electrons. The Hall–Kier alpha value is -1.29. The van der Waals surface area contributed by atoms with Gasteiger partial charge >= 0.3 is 0 Å². The van der Waals surface area contributed by atoms with Crippen molar-refractivity contribution >= 4 is 5.91 Å². The van der Waals surface area contributed by atoms with Gasteiger partial charge in [-0.05, 0) is 25.5 Å². The highest BCUT2D eigenvalue weighted by Gasteiger charge is 2.37. The minimum atomic E-state index is -0.115. The van der Waals surface area contributed by atoms with Crippen molar-refractivity contribution in [1.29, 1.82) is 0 Å². The summed E-state index contributed by atoms with van der Waals surface area (Å²) in [4.78, 5) is 13.4. The van der Waals surface area contributed by atoms with E-state index in [9.17, 15) is 4.79 Å². The van der Waals surface area contributed by atoms with E-state index in [0.717, 1.165) is 17.9 Å². The minimum Gasteiger partial charge on any atom is -0.463 e. The van der Waals surface area contributed by atoms with Gasteiger partial charge in [0.25, 0.3) is 0 Å². The molecule has 0 bridgehead atoms. The van der Waals surface area contributed by atoms with Crippen molar-refractivity contribution in [3.8, 4) is 0 Å². The Kier molecular flexibility index (Phi) is 2.52. The van der Waals surface area contributed by atoms with Gasteiger partial charge in [-0.1, -0.05) is 6.92 Å². The molecule has 1 amide bonds. The van der Waals surface area contributed by atoms with E-state index in [-0.39, 0.29) is 18.1 Å². The number of carbonyl (C=O) groups is 1. The fourth-order valence-corrected chi connectivity index (χ4v) is 1.91. The van der Waals surface area contributed by atoms with Crippen molar-refractivity contribution in [2.75, 3.05) is 7.05 Å². The standard InChI is InChI=1S/C11H16N2O2/c1-4-8-11(14)13(3)10(12-8)9-6-5-7(2)15-9/h5-6,8,10,12H,4H2,1-3H3/t8-,10-/m0/s1. The number of hydrogen-bond acceptors (Lipinski definition) is 3. The molecule has 0 aromatic carbocycles. The lowest BCUT2D eigenvalue weighted by Crippen LogP contribution is -2.27. The molecule has 2 rings (SSSR count). The molecule has 1 aromatic heterocycles. The van der Waals surface area contributed by atoms with Gasteiger partial charge in [0.15, 0.2) is 0 Å². The van der Waals surface area contributed by atoms with Gasteiger partial charge in [0.2, 0.25) is 5.91 Å². The quantitative estimate of drug-likeness (QED) is 0.799. The van der Waals surface area contributed by atoms with Gasteiger partial charge in [0.05, 0.1) is 6.04 Å². The Morgan fingerprint density at radius 3 is 2.73 bits per heavy atom. The van der Waals surface area contributed by atoms with E-state index in [0.29, 0.717) is 0 Å². The highest BCUT2D eigenvalue weighted by molar-refractivity contribution is 5.84. The van der Waals surface area contributed by atoms with Gasteiger partial charge in [-0.15, -0.1) is 0 Å². The van der Waals surface area contributed by atoms with Crippen LogP contribution < -0.4 is 5.32 Å². The van der Waals surface area contributed by atoms with E-state index in [1.807, 2.05) is 26.0 Å². The van der Waals surface area contributed by atoms with Crippen LogP contribution in [0.25, 0.3) is 0 Å². The molecule has 4 heteroatoms. The Labute approximate surface area is 89.2 Å². The molecule has 0 saturated carbocycles. The molecule has 1 aliphatic heterocycles. The van der Waals surface area contributed by atoms with Crippen LogP contribution in [0.1, 0.15) is 31.0 Å². The number of rotatable bonds is 2. The van der Waals surface area contributed by atoms with Crippen LogP contribution in [0.5, 0.6) is 0 Å². The molecule has 1 saturated heterocycles. The summed E-state index contributed by atoms with van der Waals surface area (Å²) >= 11 is 0. The topological polar surface area (TPSA) is 45.5 Å². The first-order valence-corrected chi connectivity index (χ1v) is 5.22. The van der Waals surface area contributed by atoms with Gasteiger partial charge < -0.3 is 9.32 Å². The highest BCUT2D eigenvalue weighted by Crippen LogP contribution is 2.25. The molecular formula is C11H16N2O2. The number of nitrogens with one attached hydrogen (secondary N) is 1. The number of amides is 1. The average Bonchev–Trinajstić information content (AvgIpc) is 2.74. The second-order valence-electron chi connectivity index (χ2n) is 3.93. The zero-order valence-corrected chi connectivity index (χ0v) is 9.28. The molecule has 0 aliphatic carbocycles. The number of nitrogens with zero attached hydrogens (tertiary/aromatic N) is 1. The summed E-state index contributed by atoms with van der Waals surface area (Å²) in [6.07, 6.45) is 0.690. The van der Waals surface area contributed by atoms with E-state index in [1.165, 1.54) is 0 Å².